The van der Waals surface area contributed by atoms with E-state index in [0.29, 0.717) is 34.6 Å². The average molecular weight is 485 g/mol. The molecule has 2 aromatic carbocycles. The minimum atomic E-state index is -0.885. The number of nitrogens with zero attached hydrogens (tertiary/aromatic N) is 4. The van der Waals surface area contributed by atoms with Crippen molar-refractivity contribution in [3.8, 4) is 34.5 Å². The quantitative estimate of drug-likeness (QED) is 0.342. The van der Waals surface area contributed by atoms with Crippen LogP contribution in [-0.4, -0.2) is 59.7 Å². The minimum absolute atomic E-state index is 0.114. The van der Waals surface area contributed by atoms with Crippen molar-refractivity contribution >= 4 is 11.6 Å². The van der Waals surface area contributed by atoms with Crippen LogP contribution in [0.25, 0.3) is 17.0 Å². The zero-order chi connectivity index (χ0) is 24.8. The number of halogens is 2. The first-order valence-electron chi connectivity index (χ1n) is 10.4. The molecule has 2 aromatic heterocycles. The lowest BCUT2D eigenvalue weighted by atomic mass is 10.2. The van der Waals surface area contributed by atoms with Gasteiger partial charge >= 0.3 is 0 Å². The van der Waals surface area contributed by atoms with Gasteiger partial charge in [0.2, 0.25) is 5.88 Å². The standard InChI is InChI=1S/C23H21F2N5O5/c1-32-18-5-3-14(11-19(18)33-2)23-28-27-20-7-8-22(29-30(20)23)34-10-9-26-21(31)13-35-17-6-4-15(24)12-16(17)25/h3-8,11-12H,9-10,13H2,1-2H3,(H,26,31). The molecule has 1 amide bonds. The third-order valence-electron chi connectivity index (χ3n) is 4.81. The van der Waals surface area contributed by atoms with Gasteiger partial charge in [0.05, 0.1) is 20.8 Å². The molecule has 0 saturated carbocycles. The van der Waals surface area contributed by atoms with Crippen molar-refractivity contribution in [2.45, 2.75) is 0 Å². The molecule has 0 atom stereocenters. The van der Waals surface area contributed by atoms with Gasteiger partial charge in [-0.15, -0.1) is 15.3 Å². The van der Waals surface area contributed by atoms with Gasteiger partial charge in [0.1, 0.15) is 12.4 Å². The number of aromatic nitrogens is 4. The summed E-state index contributed by atoms with van der Waals surface area (Å²) in [6.07, 6.45) is 0. The Hall–Kier alpha value is -4.48. The molecule has 0 saturated heterocycles. The molecule has 182 valence electrons. The Kier molecular flexibility index (Phi) is 7.19. The molecule has 10 nitrogen and oxygen atoms in total. The molecule has 0 unspecified atom stereocenters. The van der Waals surface area contributed by atoms with Gasteiger partial charge in [0.25, 0.3) is 5.91 Å². The molecule has 4 rings (SSSR count). The third-order valence-corrected chi connectivity index (χ3v) is 4.81. The van der Waals surface area contributed by atoms with Crippen LogP contribution in [-0.2, 0) is 4.79 Å². The Labute approximate surface area is 198 Å². The van der Waals surface area contributed by atoms with E-state index in [4.69, 9.17) is 18.9 Å². The molecule has 0 fully saturated rings. The smallest absolute Gasteiger partial charge is 0.258 e. The Bertz CT molecular complexity index is 1350. The number of hydrogen-bond acceptors (Lipinski definition) is 8. The van der Waals surface area contributed by atoms with E-state index in [9.17, 15) is 13.6 Å². The maximum atomic E-state index is 13.5. The summed E-state index contributed by atoms with van der Waals surface area (Å²) in [6, 6.07) is 11.5. The number of methoxy groups -OCH3 is 2. The topological polar surface area (TPSA) is 109 Å². The monoisotopic (exact) mass is 485 g/mol. The Balaban J connectivity index is 1.33. The van der Waals surface area contributed by atoms with Crippen molar-refractivity contribution in [1.82, 2.24) is 25.1 Å². The number of carbonyl (C=O) groups is 1. The van der Waals surface area contributed by atoms with Gasteiger partial charge < -0.3 is 24.3 Å². The third kappa shape index (κ3) is 5.54. The summed E-state index contributed by atoms with van der Waals surface area (Å²) < 4.78 is 49.3. The zero-order valence-corrected chi connectivity index (χ0v) is 18.8. The van der Waals surface area contributed by atoms with Gasteiger partial charge in [-0.25, -0.2) is 8.78 Å². The summed E-state index contributed by atoms with van der Waals surface area (Å²) in [7, 11) is 3.09. The second-order valence-corrected chi connectivity index (χ2v) is 7.10. The predicted octanol–water partition coefficient (Wildman–Crippen LogP) is 2.66. The first-order valence-corrected chi connectivity index (χ1v) is 10.4. The highest BCUT2D eigenvalue weighted by Crippen LogP contribution is 2.31. The largest absolute Gasteiger partial charge is 0.493 e. The summed E-state index contributed by atoms with van der Waals surface area (Å²) in [6.45, 7) is -0.163. The number of fused-ring (bicyclic) bond motifs is 1. The number of benzene rings is 2. The minimum Gasteiger partial charge on any atom is -0.493 e. The van der Waals surface area contributed by atoms with Gasteiger partial charge in [0.15, 0.2) is 41.1 Å². The fourth-order valence-corrected chi connectivity index (χ4v) is 3.14. The van der Waals surface area contributed by atoms with Crippen molar-refractivity contribution in [2.75, 3.05) is 34.0 Å². The van der Waals surface area contributed by atoms with E-state index in [0.717, 1.165) is 12.1 Å². The number of nitrogens with one attached hydrogen (secondary N) is 1. The highest BCUT2D eigenvalue weighted by Gasteiger charge is 2.14. The summed E-state index contributed by atoms with van der Waals surface area (Å²) >= 11 is 0. The molecule has 0 aliphatic heterocycles. The molecule has 0 spiro atoms. The van der Waals surface area contributed by atoms with Crippen molar-refractivity contribution in [2.24, 2.45) is 0 Å². The molecule has 35 heavy (non-hydrogen) atoms. The Morgan fingerprint density at radius 1 is 0.943 bits per heavy atom. The average Bonchev–Trinajstić information content (AvgIpc) is 3.29. The molecular formula is C23H21F2N5O5. The maximum absolute atomic E-state index is 13.5. The summed E-state index contributed by atoms with van der Waals surface area (Å²) in [5.41, 5.74) is 1.23. The molecular weight excluding hydrogens is 464 g/mol. The summed E-state index contributed by atoms with van der Waals surface area (Å²) in [4.78, 5) is 11.9. The van der Waals surface area contributed by atoms with Crippen molar-refractivity contribution < 1.29 is 32.5 Å². The van der Waals surface area contributed by atoms with E-state index >= 15 is 0 Å². The van der Waals surface area contributed by atoms with E-state index in [-0.39, 0.29) is 24.8 Å². The molecule has 0 bridgehead atoms. The molecule has 1 N–H and O–H groups in total. The van der Waals surface area contributed by atoms with E-state index in [1.54, 1.807) is 38.5 Å². The fraction of sp³-hybridized carbons (Fsp3) is 0.217. The van der Waals surface area contributed by atoms with Gasteiger partial charge in [-0.3, -0.25) is 4.79 Å². The second kappa shape index (κ2) is 10.6. The summed E-state index contributed by atoms with van der Waals surface area (Å²) in [5.74, 6) is -0.435. The van der Waals surface area contributed by atoms with Crippen LogP contribution in [0, 0.1) is 11.6 Å². The van der Waals surface area contributed by atoms with Crippen LogP contribution in [0.1, 0.15) is 0 Å². The van der Waals surface area contributed by atoms with Gasteiger partial charge in [0, 0.05) is 17.7 Å². The van der Waals surface area contributed by atoms with E-state index in [1.165, 1.54) is 4.52 Å². The molecule has 2 heterocycles. The van der Waals surface area contributed by atoms with Gasteiger partial charge in [-0.2, -0.15) is 4.52 Å². The lowest BCUT2D eigenvalue weighted by molar-refractivity contribution is -0.123. The zero-order valence-electron chi connectivity index (χ0n) is 18.8. The van der Waals surface area contributed by atoms with Crippen molar-refractivity contribution in [3.63, 3.8) is 0 Å². The van der Waals surface area contributed by atoms with Crippen LogP contribution >= 0.6 is 0 Å². The Morgan fingerprint density at radius 3 is 2.51 bits per heavy atom. The van der Waals surface area contributed by atoms with Crippen molar-refractivity contribution in [1.29, 1.82) is 0 Å². The normalized spacial score (nSPS) is 10.7. The molecule has 12 heteroatoms. The van der Waals surface area contributed by atoms with Crippen LogP contribution in [0.2, 0.25) is 0 Å². The van der Waals surface area contributed by atoms with Crippen molar-refractivity contribution in [3.05, 3.63) is 60.2 Å². The highest BCUT2D eigenvalue weighted by atomic mass is 19.1. The van der Waals surface area contributed by atoms with Crippen LogP contribution in [0.5, 0.6) is 23.1 Å². The number of amides is 1. The first kappa shape index (κ1) is 23.7. The van der Waals surface area contributed by atoms with E-state index in [2.05, 4.69) is 20.6 Å². The molecule has 0 aliphatic carbocycles. The second-order valence-electron chi connectivity index (χ2n) is 7.10. The number of hydrogen-bond donors (Lipinski definition) is 1. The molecule has 0 aliphatic rings. The summed E-state index contributed by atoms with van der Waals surface area (Å²) in [5, 5.41) is 15.3. The Morgan fingerprint density at radius 2 is 1.74 bits per heavy atom. The maximum Gasteiger partial charge on any atom is 0.258 e. The van der Waals surface area contributed by atoms with Gasteiger partial charge in [-0.05, 0) is 36.4 Å². The van der Waals surface area contributed by atoms with Crippen LogP contribution in [0.3, 0.4) is 0 Å². The van der Waals surface area contributed by atoms with E-state index < -0.39 is 24.1 Å². The lowest BCUT2D eigenvalue weighted by Crippen LogP contribution is -2.32. The lowest BCUT2D eigenvalue weighted by Gasteiger charge is -2.10. The highest BCUT2D eigenvalue weighted by molar-refractivity contribution is 5.77. The van der Waals surface area contributed by atoms with Crippen LogP contribution < -0.4 is 24.3 Å². The number of carbonyl (C=O) groups excluding carboxylic acids is 1. The SMILES string of the molecule is COc1ccc(-c2nnc3ccc(OCCNC(=O)COc4ccc(F)cc4F)nn23)cc1OC. The van der Waals surface area contributed by atoms with E-state index in [1.807, 2.05) is 6.07 Å². The number of ether oxygens (including phenoxy) is 4. The predicted molar refractivity (Wildman–Crippen MR) is 120 cm³/mol. The fourth-order valence-electron chi connectivity index (χ4n) is 3.14. The van der Waals surface area contributed by atoms with Crippen LogP contribution in [0.4, 0.5) is 8.78 Å². The molecule has 4 aromatic rings. The molecule has 0 radical (unpaired) electrons. The van der Waals surface area contributed by atoms with Gasteiger partial charge in [-0.1, -0.05) is 0 Å². The number of rotatable bonds is 10. The first-order chi connectivity index (χ1) is 17.0. The van der Waals surface area contributed by atoms with Crippen LogP contribution in [0.15, 0.2) is 48.5 Å².